The maximum absolute atomic E-state index is 11.4. The van der Waals surface area contributed by atoms with Crippen molar-refractivity contribution in [2.75, 3.05) is 29.5 Å². The fraction of sp³-hybridized carbons (Fsp3) is 0.615. The van der Waals surface area contributed by atoms with E-state index in [2.05, 4.69) is 21.3 Å². The van der Waals surface area contributed by atoms with Crippen LogP contribution < -0.4 is 10.2 Å². The third kappa shape index (κ3) is 2.90. The van der Waals surface area contributed by atoms with Gasteiger partial charge in [0.15, 0.2) is 0 Å². The van der Waals surface area contributed by atoms with Gasteiger partial charge in [0.25, 0.3) is 0 Å². The third-order valence-electron chi connectivity index (χ3n) is 3.55. The molecule has 1 aliphatic carbocycles. The van der Waals surface area contributed by atoms with E-state index in [4.69, 9.17) is 0 Å². The Morgan fingerprint density at radius 3 is 2.89 bits per heavy atom. The van der Waals surface area contributed by atoms with E-state index in [1.54, 1.807) is 0 Å². The molecule has 3 rings (SSSR count). The second-order valence-corrected chi connectivity index (χ2v) is 6.69. The highest BCUT2D eigenvalue weighted by Gasteiger charge is 2.22. The molecule has 1 aromatic rings. The van der Waals surface area contributed by atoms with Crippen LogP contribution in [0.2, 0.25) is 0 Å². The molecule has 0 unspecified atom stereocenters. The lowest BCUT2D eigenvalue weighted by molar-refractivity contribution is 0.668. The van der Waals surface area contributed by atoms with Gasteiger partial charge in [-0.2, -0.15) is 0 Å². The maximum atomic E-state index is 11.4. The van der Waals surface area contributed by atoms with E-state index in [-0.39, 0.29) is 0 Å². The van der Waals surface area contributed by atoms with E-state index >= 15 is 0 Å². The molecule has 2 fully saturated rings. The number of pyridine rings is 1. The van der Waals surface area contributed by atoms with Gasteiger partial charge in [0.1, 0.15) is 0 Å². The van der Waals surface area contributed by atoms with E-state index in [1.165, 1.54) is 24.1 Å². The molecule has 18 heavy (non-hydrogen) atoms. The van der Waals surface area contributed by atoms with E-state index in [1.807, 2.05) is 12.4 Å². The van der Waals surface area contributed by atoms with Crippen molar-refractivity contribution in [1.29, 1.82) is 0 Å². The van der Waals surface area contributed by atoms with Crippen LogP contribution in [0.5, 0.6) is 0 Å². The zero-order valence-electron chi connectivity index (χ0n) is 10.5. The molecule has 4 nitrogen and oxygen atoms in total. The fourth-order valence-corrected chi connectivity index (χ4v) is 3.34. The molecule has 1 saturated heterocycles. The molecule has 2 aliphatic rings. The number of anilines is 1. The summed E-state index contributed by atoms with van der Waals surface area (Å²) in [4.78, 5) is 6.57. The molecule has 0 radical (unpaired) electrons. The van der Waals surface area contributed by atoms with E-state index in [9.17, 15) is 4.21 Å². The van der Waals surface area contributed by atoms with Crippen molar-refractivity contribution in [2.45, 2.75) is 25.4 Å². The Bertz CT molecular complexity index is 438. The highest BCUT2D eigenvalue weighted by Crippen LogP contribution is 2.23. The second-order valence-electron chi connectivity index (χ2n) is 4.99. The summed E-state index contributed by atoms with van der Waals surface area (Å²) in [6.07, 6.45) is 6.41. The first kappa shape index (κ1) is 12.1. The minimum Gasteiger partial charge on any atom is -0.369 e. The van der Waals surface area contributed by atoms with Crippen molar-refractivity contribution in [3.63, 3.8) is 0 Å². The van der Waals surface area contributed by atoms with Crippen LogP contribution in [0.1, 0.15) is 18.4 Å². The Morgan fingerprint density at radius 2 is 2.17 bits per heavy atom. The van der Waals surface area contributed by atoms with Crippen LogP contribution in [-0.4, -0.2) is 39.8 Å². The topological polar surface area (TPSA) is 45.2 Å². The number of hydrogen-bond acceptors (Lipinski definition) is 4. The highest BCUT2D eigenvalue weighted by molar-refractivity contribution is 7.85. The Labute approximate surface area is 110 Å². The van der Waals surface area contributed by atoms with Crippen LogP contribution in [0.15, 0.2) is 18.5 Å². The van der Waals surface area contributed by atoms with Crippen molar-refractivity contribution in [2.24, 2.45) is 0 Å². The number of aromatic nitrogens is 1. The summed E-state index contributed by atoms with van der Waals surface area (Å²) in [6, 6.07) is 2.80. The fourth-order valence-electron chi connectivity index (χ4n) is 2.29. The summed E-state index contributed by atoms with van der Waals surface area (Å²) < 4.78 is 11.4. The average Bonchev–Trinajstić information content (AvgIpc) is 3.22. The van der Waals surface area contributed by atoms with Crippen LogP contribution in [0.4, 0.5) is 5.69 Å². The summed E-state index contributed by atoms with van der Waals surface area (Å²) >= 11 is 0. The third-order valence-corrected chi connectivity index (χ3v) is 4.83. The molecule has 0 spiro atoms. The predicted octanol–water partition coefficient (Wildman–Crippen LogP) is 0.902. The Hall–Kier alpha value is -0.940. The highest BCUT2D eigenvalue weighted by atomic mass is 32.2. The lowest BCUT2D eigenvalue weighted by Crippen LogP contribution is -2.38. The second kappa shape index (κ2) is 5.36. The minimum atomic E-state index is -0.615. The van der Waals surface area contributed by atoms with Gasteiger partial charge in [-0.15, -0.1) is 0 Å². The van der Waals surface area contributed by atoms with Gasteiger partial charge in [-0.25, -0.2) is 0 Å². The predicted molar refractivity (Wildman–Crippen MR) is 74.2 cm³/mol. The normalized spacial score (nSPS) is 21.2. The van der Waals surface area contributed by atoms with Gasteiger partial charge in [-0.1, -0.05) is 0 Å². The smallest absolute Gasteiger partial charge is 0.0443 e. The van der Waals surface area contributed by atoms with Gasteiger partial charge >= 0.3 is 0 Å². The summed E-state index contributed by atoms with van der Waals surface area (Å²) in [6.45, 7) is 2.69. The van der Waals surface area contributed by atoms with Crippen molar-refractivity contribution in [3.8, 4) is 0 Å². The lowest BCUT2D eigenvalue weighted by atomic mass is 10.2. The summed E-state index contributed by atoms with van der Waals surface area (Å²) in [5.41, 5.74) is 2.52. The molecule has 1 N–H and O–H groups in total. The van der Waals surface area contributed by atoms with Crippen LogP contribution in [-0.2, 0) is 17.3 Å². The monoisotopic (exact) mass is 265 g/mol. The van der Waals surface area contributed by atoms with Gasteiger partial charge in [0, 0.05) is 71.6 Å². The van der Waals surface area contributed by atoms with E-state index in [0.29, 0.717) is 6.04 Å². The SMILES string of the molecule is O=S1CCN(c2ccncc2CNC2CC2)CC1. The summed E-state index contributed by atoms with van der Waals surface area (Å²) in [7, 11) is -0.615. The van der Waals surface area contributed by atoms with E-state index < -0.39 is 10.8 Å². The molecule has 0 aromatic carbocycles. The zero-order chi connectivity index (χ0) is 12.4. The minimum absolute atomic E-state index is 0.615. The van der Waals surface area contributed by atoms with Crippen molar-refractivity contribution >= 4 is 16.5 Å². The molecule has 1 aliphatic heterocycles. The van der Waals surface area contributed by atoms with E-state index in [0.717, 1.165) is 31.1 Å². The lowest BCUT2D eigenvalue weighted by Gasteiger charge is -2.30. The number of hydrogen-bond donors (Lipinski definition) is 1. The van der Waals surface area contributed by atoms with Crippen LogP contribution in [0.3, 0.4) is 0 Å². The molecule has 98 valence electrons. The van der Waals surface area contributed by atoms with Crippen LogP contribution >= 0.6 is 0 Å². The first-order chi connectivity index (χ1) is 8.83. The number of nitrogens with one attached hydrogen (secondary N) is 1. The summed E-state index contributed by atoms with van der Waals surface area (Å²) in [5.74, 6) is 1.58. The van der Waals surface area contributed by atoms with Crippen LogP contribution in [0, 0.1) is 0 Å². The number of rotatable bonds is 4. The van der Waals surface area contributed by atoms with Gasteiger partial charge in [-0.3, -0.25) is 9.19 Å². The van der Waals surface area contributed by atoms with Crippen LogP contribution in [0.25, 0.3) is 0 Å². The standard InChI is InChI=1S/C13H19N3OS/c17-18-7-5-16(6-8-18)13-3-4-14-9-11(13)10-15-12-1-2-12/h3-4,9,12,15H,1-2,5-8,10H2. The quantitative estimate of drug-likeness (QED) is 0.878. The average molecular weight is 265 g/mol. The Morgan fingerprint density at radius 1 is 1.39 bits per heavy atom. The molecular formula is C13H19N3OS. The first-order valence-corrected chi connectivity index (χ1v) is 8.08. The van der Waals surface area contributed by atoms with Gasteiger partial charge in [0.05, 0.1) is 0 Å². The molecule has 1 saturated carbocycles. The van der Waals surface area contributed by atoms with Crippen molar-refractivity contribution < 1.29 is 4.21 Å². The van der Waals surface area contributed by atoms with Crippen molar-refractivity contribution in [3.05, 3.63) is 24.0 Å². The molecule has 0 bridgehead atoms. The van der Waals surface area contributed by atoms with Gasteiger partial charge < -0.3 is 10.2 Å². The Balaban J connectivity index is 1.70. The molecule has 0 amide bonds. The largest absolute Gasteiger partial charge is 0.369 e. The maximum Gasteiger partial charge on any atom is 0.0443 e. The van der Waals surface area contributed by atoms with Gasteiger partial charge in [-0.05, 0) is 18.9 Å². The Kier molecular flexibility index (Phi) is 3.61. The zero-order valence-corrected chi connectivity index (χ0v) is 11.3. The molecule has 0 atom stereocenters. The number of nitrogens with zero attached hydrogens (tertiary/aromatic N) is 2. The molecule has 2 heterocycles. The first-order valence-electron chi connectivity index (χ1n) is 6.59. The summed E-state index contributed by atoms with van der Waals surface area (Å²) in [5, 5.41) is 3.53. The van der Waals surface area contributed by atoms with Gasteiger partial charge in [0.2, 0.25) is 0 Å². The molecular weight excluding hydrogens is 246 g/mol. The van der Waals surface area contributed by atoms with Crippen molar-refractivity contribution in [1.82, 2.24) is 10.3 Å². The molecule has 1 aromatic heterocycles. The molecule has 5 heteroatoms.